The lowest BCUT2D eigenvalue weighted by molar-refractivity contribution is 0.0611. The molecule has 1 heterocycles. The number of rotatable bonds is 3. The summed E-state index contributed by atoms with van der Waals surface area (Å²) >= 11 is 3.25. The molecule has 1 aliphatic rings. The molecule has 0 unspecified atom stereocenters. The molecule has 1 aromatic rings. The van der Waals surface area contributed by atoms with Crippen molar-refractivity contribution in [3.8, 4) is 0 Å². The molecule has 1 aromatic heterocycles. The van der Waals surface area contributed by atoms with E-state index >= 15 is 0 Å². The van der Waals surface area contributed by atoms with E-state index in [1.807, 2.05) is 12.1 Å². The topological polar surface area (TPSA) is 45.4 Å². The third-order valence-electron chi connectivity index (χ3n) is 2.31. The highest BCUT2D eigenvalue weighted by Crippen LogP contribution is 2.20. The fourth-order valence-corrected chi connectivity index (χ4v) is 1.79. The Hall–Kier alpha value is -0.320. The van der Waals surface area contributed by atoms with E-state index in [9.17, 15) is 0 Å². The quantitative estimate of drug-likeness (QED) is 0.852. The minimum atomic E-state index is -0.0964. The van der Waals surface area contributed by atoms with Gasteiger partial charge in [-0.1, -0.05) is 0 Å². The summed E-state index contributed by atoms with van der Waals surface area (Å²) < 4.78 is 6.08. The number of hydrogen-bond acceptors (Lipinski definition) is 3. The molecule has 1 fully saturated rings. The summed E-state index contributed by atoms with van der Waals surface area (Å²) in [5.74, 6) is 0.924. The molecule has 0 amide bonds. The average Bonchev–Trinajstić information content (AvgIpc) is 2.43. The molecule has 0 bridgehead atoms. The van der Waals surface area contributed by atoms with Crippen molar-refractivity contribution in [1.29, 1.82) is 0 Å². The summed E-state index contributed by atoms with van der Waals surface area (Å²) in [4.78, 5) is 0. The molecular weight excluding hydrogens is 234 g/mol. The Kier molecular flexibility index (Phi) is 2.71. The average molecular weight is 246 g/mol. The lowest BCUT2D eigenvalue weighted by atomic mass is 9.89. The van der Waals surface area contributed by atoms with E-state index in [0.717, 1.165) is 29.8 Å². The summed E-state index contributed by atoms with van der Waals surface area (Å²) in [5, 5.41) is 12.4. The van der Waals surface area contributed by atoms with Gasteiger partial charge in [0, 0.05) is 6.04 Å². The van der Waals surface area contributed by atoms with Crippen molar-refractivity contribution in [3.05, 3.63) is 22.6 Å². The molecular formula is C9H12BrNO2. The highest BCUT2D eigenvalue weighted by atomic mass is 79.9. The minimum Gasteiger partial charge on any atom is -0.453 e. The van der Waals surface area contributed by atoms with Crippen LogP contribution in [0.1, 0.15) is 18.6 Å². The molecule has 0 aromatic carbocycles. The number of halogens is 1. The van der Waals surface area contributed by atoms with Gasteiger partial charge in [-0.05, 0) is 40.9 Å². The molecule has 0 atom stereocenters. The van der Waals surface area contributed by atoms with Crippen molar-refractivity contribution in [3.63, 3.8) is 0 Å². The molecule has 4 heteroatoms. The molecule has 3 nitrogen and oxygen atoms in total. The SMILES string of the molecule is OC1CC(NCc2ccc(Br)o2)C1. The molecule has 2 N–H and O–H groups in total. The number of hydrogen-bond donors (Lipinski definition) is 2. The summed E-state index contributed by atoms with van der Waals surface area (Å²) in [6.45, 7) is 0.739. The van der Waals surface area contributed by atoms with Crippen LogP contribution in [-0.4, -0.2) is 17.3 Å². The van der Waals surface area contributed by atoms with Gasteiger partial charge in [0.15, 0.2) is 4.67 Å². The standard InChI is InChI=1S/C9H12BrNO2/c10-9-2-1-8(13-9)5-11-6-3-7(12)4-6/h1-2,6-7,11-12H,3-5H2. The molecule has 0 saturated heterocycles. The van der Waals surface area contributed by atoms with Gasteiger partial charge in [0.25, 0.3) is 0 Å². The third kappa shape index (κ3) is 2.33. The Balaban J connectivity index is 1.74. The van der Waals surface area contributed by atoms with E-state index < -0.39 is 0 Å². The van der Waals surface area contributed by atoms with Crippen molar-refractivity contribution in [2.45, 2.75) is 31.5 Å². The molecule has 0 spiro atoms. The highest BCUT2D eigenvalue weighted by molar-refractivity contribution is 9.10. The largest absolute Gasteiger partial charge is 0.453 e. The van der Waals surface area contributed by atoms with Crippen molar-refractivity contribution in [2.24, 2.45) is 0 Å². The third-order valence-corrected chi connectivity index (χ3v) is 2.73. The first kappa shape index (κ1) is 9.24. The van der Waals surface area contributed by atoms with Crippen LogP contribution in [0.25, 0.3) is 0 Å². The molecule has 13 heavy (non-hydrogen) atoms. The predicted octanol–water partition coefficient (Wildman–Crippen LogP) is 1.65. The van der Waals surface area contributed by atoms with Gasteiger partial charge < -0.3 is 14.8 Å². The second-order valence-electron chi connectivity index (χ2n) is 3.41. The van der Waals surface area contributed by atoms with Gasteiger partial charge in [-0.15, -0.1) is 0 Å². The van der Waals surface area contributed by atoms with Crippen molar-refractivity contribution in [2.75, 3.05) is 0 Å². The van der Waals surface area contributed by atoms with Crippen LogP contribution in [-0.2, 0) is 6.54 Å². The van der Waals surface area contributed by atoms with Gasteiger partial charge in [0.1, 0.15) is 5.76 Å². The fraction of sp³-hybridized carbons (Fsp3) is 0.556. The van der Waals surface area contributed by atoms with Crippen LogP contribution in [0.15, 0.2) is 21.2 Å². The maximum Gasteiger partial charge on any atom is 0.169 e. The van der Waals surface area contributed by atoms with E-state index in [0.29, 0.717) is 6.04 Å². The van der Waals surface area contributed by atoms with E-state index in [-0.39, 0.29) is 6.10 Å². The van der Waals surface area contributed by atoms with Gasteiger partial charge in [-0.25, -0.2) is 0 Å². The van der Waals surface area contributed by atoms with Crippen LogP contribution in [0.4, 0.5) is 0 Å². The normalized spacial score (nSPS) is 27.2. The highest BCUT2D eigenvalue weighted by Gasteiger charge is 2.26. The molecule has 72 valence electrons. The van der Waals surface area contributed by atoms with Gasteiger partial charge in [-0.2, -0.15) is 0 Å². The smallest absolute Gasteiger partial charge is 0.169 e. The number of furan rings is 1. The van der Waals surface area contributed by atoms with Crippen LogP contribution in [0, 0.1) is 0 Å². The minimum absolute atomic E-state index is 0.0964. The monoisotopic (exact) mass is 245 g/mol. The first-order valence-electron chi connectivity index (χ1n) is 4.39. The molecule has 2 rings (SSSR count). The van der Waals surface area contributed by atoms with Crippen molar-refractivity contribution in [1.82, 2.24) is 5.32 Å². The Morgan fingerprint density at radius 3 is 2.85 bits per heavy atom. The van der Waals surface area contributed by atoms with E-state index in [1.54, 1.807) is 0 Å². The number of nitrogens with one attached hydrogen (secondary N) is 1. The Bertz CT molecular complexity index is 281. The zero-order chi connectivity index (χ0) is 9.26. The lowest BCUT2D eigenvalue weighted by Crippen LogP contribution is -2.43. The Labute approximate surface area is 85.3 Å². The van der Waals surface area contributed by atoms with Crippen LogP contribution in [0.5, 0.6) is 0 Å². The zero-order valence-corrected chi connectivity index (χ0v) is 8.75. The van der Waals surface area contributed by atoms with Gasteiger partial charge >= 0.3 is 0 Å². The Morgan fingerprint density at radius 1 is 1.54 bits per heavy atom. The first-order chi connectivity index (χ1) is 6.24. The molecule has 1 saturated carbocycles. The molecule has 0 aliphatic heterocycles. The van der Waals surface area contributed by atoms with Crippen LogP contribution < -0.4 is 5.32 Å². The number of aliphatic hydroxyl groups excluding tert-OH is 1. The van der Waals surface area contributed by atoms with E-state index in [1.165, 1.54) is 0 Å². The summed E-state index contributed by atoms with van der Waals surface area (Å²) in [6.07, 6.45) is 1.63. The fourth-order valence-electron chi connectivity index (χ4n) is 1.45. The Morgan fingerprint density at radius 2 is 2.31 bits per heavy atom. The lowest BCUT2D eigenvalue weighted by Gasteiger charge is -2.31. The summed E-state index contributed by atoms with van der Waals surface area (Å²) in [7, 11) is 0. The van der Waals surface area contributed by atoms with Gasteiger partial charge in [0.2, 0.25) is 0 Å². The predicted molar refractivity (Wildman–Crippen MR) is 52.3 cm³/mol. The summed E-state index contributed by atoms with van der Waals surface area (Å²) in [5.41, 5.74) is 0. The zero-order valence-electron chi connectivity index (χ0n) is 7.16. The van der Waals surface area contributed by atoms with Crippen LogP contribution in [0.3, 0.4) is 0 Å². The second-order valence-corrected chi connectivity index (χ2v) is 4.19. The van der Waals surface area contributed by atoms with Crippen molar-refractivity contribution < 1.29 is 9.52 Å². The van der Waals surface area contributed by atoms with Gasteiger partial charge in [0.05, 0.1) is 12.6 Å². The maximum atomic E-state index is 9.05. The maximum absolute atomic E-state index is 9.05. The van der Waals surface area contributed by atoms with Crippen LogP contribution in [0.2, 0.25) is 0 Å². The number of aliphatic hydroxyl groups is 1. The second kappa shape index (κ2) is 3.82. The first-order valence-corrected chi connectivity index (χ1v) is 5.19. The van der Waals surface area contributed by atoms with Crippen molar-refractivity contribution >= 4 is 15.9 Å². The van der Waals surface area contributed by atoms with E-state index in [4.69, 9.17) is 9.52 Å². The van der Waals surface area contributed by atoms with Crippen LogP contribution >= 0.6 is 15.9 Å². The molecule has 0 radical (unpaired) electrons. The molecule has 1 aliphatic carbocycles. The van der Waals surface area contributed by atoms with E-state index in [2.05, 4.69) is 21.2 Å². The summed E-state index contributed by atoms with van der Waals surface area (Å²) in [6, 6.07) is 4.28. The van der Waals surface area contributed by atoms with Gasteiger partial charge in [-0.3, -0.25) is 0 Å².